The summed E-state index contributed by atoms with van der Waals surface area (Å²) in [5.41, 5.74) is -1.39. The van der Waals surface area contributed by atoms with Crippen molar-refractivity contribution in [2.24, 2.45) is 0 Å². The molecule has 0 aromatic carbocycles. The topological polar surface area (TPSA) is 4.93 Å². The highest BCUT2D eigenvalue weighted by atomic mass is 35.5. The van der Waals surface area contributed by atoms with Crippen molar-refractivity contribution in [1.29, 1.82) is 0 Å². The van der Waals surface area contributed by atoms with Crippen molar-refractivity contribution in [3.05, 3.63) is 23.0 Å². The van der Waals surface area contributed by atoms with Crippen LogP contribution in [0.1, 0.15) is 26.5 Å². The highest BCUT2D eigenvalue weighted by Crippen LogP contribution is 2.36. The Morgan fingerprint density at radius 2 is 1.64 bits per heavy atom. The van der Waals surface area contributed by atoms with Crippen LogP contribution in [0.4, 0.5) is 13.2 Å². The molecule has 0 saturated carbocycles. The maximum absolute atomic E-state index is 12.5. The largest absolute Gasteiger partial charge is 0.431 e. The molecular formula is C9H11ClF3N. The molecule has 1 heterocycles. The van der Waals surface area contributed by atoms with Gasteiger partial charge in [0.05, 0.1) is 0 Å². The van der Waals surface area contributed by atoms with Crippen LogP contribution in [-0.2, 0) is 11.7 Å². The first-order valence-corrected chi connectivity index (χ1v) is 4.47. The van der Waals surface area contributed by atoms with Crippen LogP contribution >= 0.6 is 11.6 Å². The van der Waals surface area contributed by atoms with E-state index in [1.54, 1.807) is 20.8 Å². The minimum Gasteiger partial charge on any atom is -0.323 e. The molecule has 0 unspecified atom stereocenters. The van der Waals surface area contributed by atoms with Crippen molar-refractivity contribution in [3.63, 3.8) is 0 Å². The Labute approximate surface area is 85.5 Å². The van der Waals surface area contributed by atoms with Gasteiger partial charge in [0.15, 0.2) is 0 Å². The summed E-state index contributed by atoms with van der Waals surface area (Å²) in [5.74, 6) is 0. The zero-order valence-corrected chi connectivity index (χ0v) is 8.87. The third kappa shape index (κ3) is 2.05. The quantitative estimate of drug-likeness (QED) is 0.631. The van der Waals surface area contributed by atoms with Gasteiger partial charge in [0.1, 0.15) is 10.8 Å². The Morgan fingerprint density at radius 1 is 1.14 bits per heavy atom. The van der Waals surface area contributed by atoms with Crippen LogP contribution in [0.15, 0.2) is 12.1 Å². The number of alkyl halides is 3. The third-order valence-corrected chi connectivity index (χ3v) is 2.09. The summed E-state index contributed by atoms with van der Waals surface area (Å²) < 4.78 is 38.6. The minimum absolute atomic E-state index is 0.102. The standard InChI is InChI=1S/C9H11ClF3N/c1-8(2,3)14-6(9(11,12)13)4-5-7(14)10/h4-5H,1-3H3. The van der Waals surface area contributed by atoms with Crippen LogP contribution < -0.4 is 0 Å². The highest BCUT2D eigenvalue weighted by Gasteiger charge is 2.37. The second kappa shape index (κ2) is 3.19. The van der Waals surface area contributed by atoms with E-state index in [2.05, 4.69) is 0 Å². The van der Waals surface area contributed by atoms with E-state index < -0.39 is 17.4 Å². The Balaban J connectivity index is 3.35. The molecule has 0 atom stereocenters. The summed E-state index contributed by atoms with van der Waals surface area (Å²) in [6.07, 6.45) is -4.36. The van der Waals surface area contributed by atoms with Gasteiger partial charge in [-0.3, -0.25) is 0 Å². The van der Waals surface area contributed by atoms with E-state index in [0.29, 0.717) is 0 Å². The number of nitrogens with zero attached hydrogens (tertiary/aromatic N) is 1. The average molecular weight is 226 g/mol. The summed E-state index contributed by atoms with van der Waals surface area (Å²) >= 11 is 5.70. The number of aromatic nitrogens is 1. The van der Waals surface area contributed by atoms with E-state index in [1.165, 1.54) is 6.07 Å². The molecule has 14 heavy (non-hydrogen) atoms. The van der Waals surface area contributed by atoms with Gasteiger partial charge >= 0.3 is 6.18 Å². The predicted octanol–water partition coefficient (Wildman–Crippen LogP) is 3.92. The first-order valence-electron chi connectivity index (χ1n) is 4.09. The SMILES string of the molecule is CC(C)(C)n1c(Cl)ccc1C(F)(F)F. The maximum atomic E-state index is 12.5. The molecule has 80 valence electrons. The van der Waals surface area contributed by atoms with E-state index >= 15 is 0 Å². The molecule has 0 spiro atoms. The van der Waals surface area contributed by atoms with E-state index in [0.717, 1.165) is 10.6 Å². The Hall–Kier alpha value is -0.640. The van der Waals surface area contributed by atoms with Crippen LogP contribution in [0.25, 0.3) is 0 Å². The van der Waals surface area contributed by atoms with Crippen molar-refractivity contribution in [2.45, 2.75) is 32.5 Å². The van der Waals surface area contributed by atoms with Gasteiger partial charge < -0.3 is 4.57 Å². The summed E-state index contributed by atoms with van der Waals surface area (Å²) in [5, 5.41) is 0.102. The smallest absolute Gasteiger partial charge is 0.323 e. The van der Waals surface area contributed by atoms with Crippen molar-refractivity contribution < 1.29 is 13.2 Å². The fourth-order valence-electron chi connectivity index (χ4n) is 1.31. The number of hydrogen-bond donors (Lipinski definition) is 0. The van der Waals surface area contributed by atoms with E-state index in [-0.39, 0.29) is 5.15 Å². The molecule has 1 aromatic heterocycles. The third-order valence-electron chi connectivity index (χ3n) is 1.79. The van der Waals surface area contributed by atoms with Crippen molar-refractivity contribution >= 4 is 11.6 Å². The Kier molecular flexibility index (Phi) is 2.61. The number of hydrogen-bond acceptors (Lipinski definition) is 0. The van der Waals surface area contributed by atoms with Crippen molar-refractivity contribution in [1.82, 2.24) is 4.57 Å². The molecule has 1 rings (SSSR count). The molecule has 0 saturated heterocycles. The summed E-state index contributed by atoms with van der Waals surface area (Å²) in [4.78, 5) is 0. The van der Waals surface area contributed by atoms with Gasteiger partial charge in [0.2, 0.25) is 0 Å². The Morgan fingerprint density at radius 3 is 1.93 bits per heavy atom. The van der Waals surface area contributed by atoms with Gasteiger partial charge in [-0.15, -0.1) is 0 Å². The van der Waals surface area contributed by atoms with E-state index in [4.69, 9.17) is 11.6 Å². The maximum Gasteiger partial charge on any atom is 0.431 e. The van der Waals surface area contributed by atoms with E-state index in [1.807, 2.05) is 0 Å². The average Bonchev–Trinajstić information content (AvgIpc) is 2.27. The van der Waals surface area contributed by atoms with Gasteiger partial charge in [-0.25, -0.2) is 0 Å². The van der Waals surface area contributed by atoms with Crippen LogP contribution in [0, 0.1) is 0 Å². The lowest BCUT2D eigenvalue weighted by Gasteiger charge is -2.26. The van der Waals surface area contributed by atoms with Crippen molar-refractivity contribution in [2.75, 3.05) is 0 Å². The summed E-state index contributed by atoms with van der Waals surface area (Å²) in [6.45, 7) is 5.02. The molecule has 0 aliphatic heterocycles. The van der Waals surface area contributed by atoms with Gasteiger partial charge in [-0.2, -0.15) is 13.2 Å². The van der Waals surface area contributed by atoms with Crippen LogP contribution in [0.5, 0.6) is 0 Å². The lowest BCUT2D eigenvalue weighted by Crippen LogP contribution is -2.27. The fraction of sp³-hybridized carbons (Fsp3) is 0.556. The number of halogens is 4. The molecule has 1 nitrogen and oxygen atoms in total. The molecule has 0 fully saturated rings. The first-order chi connectivity index (χ1) is 6.14. The molecule has 0 amide bonds. The van der Waals surface area contributed by atoms with Crippen LogP contribution in [0.2, 0.25) is 5.15 Å². The monoisotopic (exact) mass is 225 g/mol. The fourth-order valence-corrected chi connectivity index (χ4v) is 1.72. The molecule has 5 heteroatoms. The molecule has 0 radical (unpaired) electrons. The van der Waals surface area contributed by atoms with Gasteiger partial charge in [0, 0.05) is 5.54 Å². The molecular weight excluding hydrogens is 215 g/mol. The molecule has 1 aromatic rings. The van der Waals surface area contributed by atoms with Gasteiger partial charge in [0.25, 0.3) is 0 Å². The zero-order valence-electron chi connectivity index (χ0n) is 8.11. The van der Waals surface area contributed by atoms with Crippen LogP contribution in [0.3, 0.4) is 0 Å². The van der Waals surface area contributed by atoms with Gasteiger partial charge in [-0.1, -0.05) is 11.6 Å². The van der Waals surface area contributed by atoms with E-state index in [9.17, 15) is 13.2 Å². The molecule has 0 N–H and O–H groups in total. The lowest BCUT2D eigenvalue weighted by molar-refractivity contribution is -0.145. The number of rotatable bonds is 0. The second-order valence-electron chi connectivity index (χ2n) is 4.05. The first kappa shape index (κ1) is 11.4. The molecule has 0 aliphatic carbocycles. The normalized spacial score (nSPS) is 13.4. The zero-order chi connectivity index (χ0) is 11.1. The van der Waals surface area contributed by atoms with Gasteiger partial charge in [-0.05, 0) is 32.9 Å². The summed E-state index contributed by atoms with van der Waals surface area (Å²) in [6, 6.07) is 2.25. The molecule has 0 bridgehead atoms. The second-order valence-corrected chi connectivity index (χ2v) is 4.43. The minimum atomic E-state index is -4.36. The van der Waals surface area contributed by atoms with Crippen LogP contribution in [-0.4, -0.2) is 4.57 Å². The molecule has 0 aliphatic rings. The Bertz CT molecular complexity index is 333. The lowest BCUT2D eigenvalue weighted by atomic mass is 10.1. The predicted molar refractivity (Wildman–Crippen MR) is 49.4 cm³/mol. The van der Waals surface area contributed by atoms with Crippen molar-refractivity contribution in [3.8, 4) is 0 Å². The summed E-state index contributed by atoms with van der Waals surface area (Å²) in [7, 11) is 0. The highest BCUT2D eigenvalue weighted by molar-refractivity contribution is 6.29.